The molecule has 0 bridgehead atoms. The van der Waals surface area contributed by atoms with E-state index in [9.17, 15) is 9.90 Å². The fourth-order valence-corrected chi connectivity index (χ4v) is 4.21. The van der Waals surface area contributed by atoms with E-state index in [0.29, 0.717) is 19.8 Å². The summed E-state index contributed by atoms with van der Waals surface area (Å²) < 4.78 is 16.5. The number of amides is 1. The number of para-hydroxylation sites is 1. The van der Waals surface area contributed by atoms with Gasteiger partial charge in [0.25, 0.3) is 5.91 Å². The SMILES string of the molecule is COc1cccc(C(=O)NCC2(c3ccc4c(c3)OCCO4)CCCC2)c1O. The van der Waals surface area contributed by atoms with Crippen molar-refractivity contribution in [1.29, 1.82) is 0 Å². The number of fused-ring (bicyclic) bond motifs is 1. The predicted octanol–water partition coefficient (Wildman–Crippen LogP) is 3.41. The Morgan fingerprint density at radius 1 is 1.14 bits per heavy atom. The number of aromatic hydroxyl groups is 1. The summed E-state index contributed by atoms with van der Waals surface area (Å²) >= 11 is 0. The highest BCUT2D eigenvalue weighted by molar-refractivity contribution is 5.97. The van der Waals surface area contributed by atoms with Crippen molar-refractivity contribution in [3.05, 3.63) is 47.5 Å². The Bertz CT molecular complexity index is 873. The molecule has 1 amide bonds. The molecule has 1 fully saturated rings. The summed E-state index contributed by atoms with van der Waals surface area (Å²) in [6.07, 6.45) is 4.23. The molecule has 0 aromatic heterocycles. The first kappa shape index (κ1) is 18.5. The van der Waals surface area contributed by atoms with Crippen LogP contribution in [0.15, 0.2) is 36.4 Å². The Hall–Kier alpha value is -2.89. The summed E-state index contributed by atoms with van der Waals surface area (Å²) in [4.78, 5) is 12.7. The van der Waals surface area contributed by atoms with Gasteiger partial charge in [0.1, 0.15) is 13.2 Å². The monoisotopic (exact) mass is 383 g/mol. The molecule has 0 saturated heterocycles. The van der Waals surface area contributed by atoms with Crippen molar-refractivity contribution < 1.29 is 24.1 Å². The predicted molar refractivity (Wildman–Crippen MR) is 105 cm³/mol. The smallest absolute Gasteiger partial charge is 0.255 e. The van der Waals surface area contributed by atoms with E-state index in [2.05, 4.69) is 17.4 Å². The molecule has 0 spiro atoms. The Kier molecular flexibility index (Phi) is 5.03. The van der Waals surface area contributed by atoms with Crippen LogP contribution in [-0.4, -0.2) is 37.9 Å². The van der Waals surface area contributed by atoms with E-state index in [-0.39, 0.29) is 28.4 Å². The second-order valence-corrected chi connectivity index (χ2v) is 7.38. The molecule has 1 saturated carbocycles. The third-order valence-electron chi connectivity index (χ3n) is 5.77. The van der Waals surface area contributed by atoms with Crippen molar-refractivity contribution in [3.63, 3.8) is 0 Å². The van der Waals surface area contributed by atoms with Crippen molar-refractivity contribution in [3.8, 4) is 23.0 Å². The lowest BCUT2D eigenvalue weighted by Crippen LogP contribution is -2.39. The molecule has 0 radical (unpaired) electrons. The molecular weight excluding hydrogens is 358 g/mol. The van der Waals surface area contributed by atoms with Crippen LogP contribution in [-0.2, 0) is 5.41 Å². The summed E-state index contributed by atoms with van der Waals surface area (Å²) in [5.41, 5.74) is 1.24. The summed E-state index contributed by atoms with van der Waals surface area (Å²) in [5.74, 6) is 1.39. The van der Waals surface area contributed by atoms with Crippen LogP contribution in [0.1, 0.15) is 41.6 Å². The molecule has 148 valence electrons. The molecule has 1 aliphatic heterocycles. The van der Waals surface area contributed by atoms with Crippen molar-refractivity contribution in [2.45, 2.75) is 31.1 Å². The number of phenols is 1. The quantitative estimate of drug-likeness (QED) is 0.827. The number of carbonyl (C=O) groups excluding carboxylic acids is 1. The fraction of sp³-hybridized carbons (Fsp3) is 0.409. The second-order valence-electron chi connectivity index (χ2n) is 7.38. The van der Waals surface area contributed by atoms with Gasteiger partial charge >= 0.3 is 0 Å². The maximum Gasteiger partial charge on any atom is 0.255 e. The number of methoxy groups -OCH3 is 1. The van der Waals surface area contributed by atoms with Gasteiger partial charge in [0.05, 0.1) is 12.7 Å². The minimum Gasteiger partial charge on any atom is -0.504 e. The third kappa shape index (κ3) is 3.35. The Morgan fingerprint density at radius 2 is 1.89 bits per heavy atom. The lowest BCUT2D eigenvalue weighted by Gasteiger charge is -2.31. The summed E-state index contributed by atoms with van der Waals surface area (Å²) in [6, 6.07) is 11.0. The molecule has 2 N–H and O–H groups in total. The van der Waals surface area contributed by atoms with Gasteiger partial charge in [-0.05, 0) is 42.7 Å². The van der Waals surface area contributed by atoms with E-state index < -0.39 is 0 Å². The van der Waals surface area contributed by atoms with Gasteiger partial charge in [0.2, 0.25) is 0 Å². The van der Waals surface area contributed by atoms with Crippen molar-refractivity contribution in [1.82, 2.24) is 5.32 Å². The van der Waals surface area contributed by atoms with Gasteiger partial charge in [-0.1, -0.05) is 25.0 Å². The normalized spacial score (nSPS) is 17.2. The first-order chi connectivity index (χ1) is 13.6. The Labute approximate surface area is 164 Å². The van der Waals surface area contributed by atoms with Crippen molar-refractivity contribution in [2.24, 2.45) is 0 Å². The summed E-state index contributed by atoms with van der Waals surface area (Å²) in [5, 5.41) is 13.3. The van der Waals surface area contributed by atoms with Gasteiger partial charge in [-0.3, -0.25) is 4.79 Å². The van der Waals surface area contributed by atoms with Crippen LogP contribution in [0.5, 0.6) is 23.0 Å². The molecule has 0 atom stereocenters. The van der Waals surface area contributed by atoms with Gasteiger partial charge in [-0.2, -0.15) is 0 Å². The molecule has 0 unspecified atom stereocenters. The first-order valence-electron chi connectivity index (χ1n) is 9.67. The van der Waals surface area contributed by atoms with Gasteiger partial charge < -0.3 is 24.6 Å². The lowest BCUT2D eigenvalue weighted by molar-refractivity contribution is 0.0939. The number of hydrogen-bond acceptors (Lipinski definition) is 5. The number of hydrogen-bond donors (Lipinski definition) is 2. The van der Waals surface area contributed by atoms with Crippen molar-refractivity contribution >= 4 is 5.91 Å². The van der Waals surface area contributed by atoms with E-state index in [4.69, 9.17) is 14.2 Å². The van der Waals surface area contributed by atoms with E-state index in [1.54, 1.807) is 18.2 Å². The first-order valence-corrected chi connectivity index (χ1v) is 9.67. The topological polar surface area (TPSA) is 77.0 Å². The number of nitrogens with one attached hydrogen (secondary N) is 1. The van der Waals surface area contributed by atoms with Gasteiger partial charge in [-0.25, -0.2) is 0 Å². The number of ether oxygens (including phenoxy) is 3. The summed E-state index contributed by atoms with van der Waals surface area (Å²) in [7, 11) is 1.46. The van der Waals surface area contributed by atoms with E-state index in [1.165, 1.54) is 7.11 Å². The molecule has 2 aromatic rings. The van der Waals surface area contributed by atoms with Crippen LogP contribution >= 0.6 is 0 Å². The van der Waals surface area contributed by atoms with E-state index in [0.717, 1.165) is 42.7 Å². The second kappa shape index (κ2) is 7.62. The van der Waals surface area contributed by atoms with E-state index in [1.807, 2.05) is 6.07 Å². The average molecular weight is 383 g/mol. The molecular formula is C22H25NO5. The number of phenolic OH excluding ortho intramolecular Hbond substituents is 1. The van der Waals surface area contributed by atoms with Crippen LogP contribution in [0.2, 0.25) is 0 Å². The molecule has 6 nitrogen and oxygen atoms in total. The molecule has 1 aliphatic carbocycles. The van der Waals surface area contributed by atoms with Crippen LogP contribution in [0.3, 0.4) is 0 Å². The van der Waals surface area contributed by atoms with Gasteiger partial charge in [-0.15, -0.1) is 0 Å². The molecule has 28 heavy (non-hydrogen) atoms. The minimum absolute atomic E-state index is 0.137. The molecule has 6 heteroatoms. The standard InChI is InChI=1S/C22H25NO5/c1-26-18-6-4-5-16(20(18)24)21(25)23-14-22(9-2-3-10-22)15-7-8-17-19(13-15)28-12-11-27-17/h4-8,13,24H,2-3,9-12,14H2,1H3,(H,23,25). The maximum atomic E-state index is 12.7. The number of carbonyl (C=O) groups is 1. The van der Waals surface area contributed by atoms with Crippen LogP contribution in [0.4, 0.5) is 0 Å². The van der Waals surface area contributed by atoms with Crippen LogP contribution < -0.4 is 19.5 Å². The largest absolute Gasteiger partial charge is 0.504 e. The highest BCUT2D eigenvalue weighted by Crippen LogP contribution is 2.44. The molecule has 2 aliphatic rings. The summed E-state index contributed by atoms with van der Waals surface area (Å²) in [6.45, 7) is 1.62. The highest BCUT2D eigenvalue weighted by Gasteiger charge is 2.37. The number of benzene rings is 2. The molecule has 2 aromatic carbocycles. The molecule has 1 heterocycles. The zero-order valence-corrected chi connectivity index (χ0v) is 16.0. The fourth-order valence-electron chi connectivity index (χ4n) is 4.21. The highest BCUT2D eigenvalue weighted by atomic mass is 16.6. The lowest BCUT2D eigenvalue weighted by atomic mass is 9.78. The average Bonchev–Trinajstić information content (AvgIpc) is 3.22. The van der Waals surface area contributed by atoms with Crippen molar-refractivity contribution in [2.75, 3.05) is 26.9 Å². The third-order valence-corrected chi connectivity index (χ3v) is 5.77. The van der Waals surface area contributed by atoms with Crippen LogP contribution in [0, 0.1) is 0 Å². The molecule has 4 rings (SSSR count). The van der Waals surface area contributed by atoms with Gasteiger partial charge in [0, 0.05) is 12.0 Å². The van der Waals surface area contributed by atoms with Gasteiger partial charge in [0.15, 0.2) is 23.0 Å². The Morgan fingerprint density at radius 3 is 2.64 bits per heavy atom. The Balaban J connectivity index is 1.55. The van der Waals surface area contributed by atoms with Crippen LogP contribution in [0.25, 0.3) is 0 Å². The van der Waals surface area contributed by atoms with E-state index >= 15 is 0 Å². The number of rotatable bonds is 5. The zero-order chi connectivity index (χ0) is 19.6. The maximum absolute atomic E-state index is 12.7. The minimum atomic E-state index is -0.305. The zero-order valence-electron chi connectivity index (χ0n) is 16.0.